The number of nitrogens with zero attached hydrogens (tertiary/aromatic N) is 2. The van der Waals surface area contributed by atoms with E-state index >= 15 is 0 Å². The van der Waals surface area contributed by atoms with Crippen LogP contribution >= 0.6 is 22.7 Å². The van der Waals surface area contributed by atoms with Crippen LogP contribution in [-0.2, 0) is 4.74 Å². The number of carboxylic acid groups (broad SMARTS) is 1. The summed E-state index contributed by atoms with van der Waals surface area (Å²) in [5.74, 6) is -0.801. The van der Waals surface area contributed by atoms with Crippen molar-refractivity contribution in [1.29, 1.82) is 0 Å². The lowest BCUT2D eigenvalue weighted by molar-refractivity contribution is 0.00750. The number of rotatable bonds is 3. The number of fused-ring (bicyclic) bond motifs is 1. The zero-order chi connectivity index (χ0) is 20.7. The highest BCUT2D eigenvalue weighted by atomic mass is 32.1. The van der Waals surface area contributed by atoms with E-state index in [1.807, 2.05) is 0 Å². The Morgan fingerprint density at radius 2 is 2.00 bits per heavy atom. The summed E-state index contributed by atoms with van der Waals surface area (Å²) in [5.41, 5.74) is -0.265. The van der Waals surface area contributed by atoms with Gasteiger partial charge >= 0.3 is 12.1 Å². The molecule has 1 aliphatic heterocycles. The molecular weight excluding hydrogens is 402 g/mol. The van der Waals surface area contributed by atoms with Crippen LogP contribution in [0, 0.1) is 0 Å². The highest BCUT2D eigenvalue weighted by Crippen LogP contribution is 2.42. The summed E-state index contributed by atoms with van der Waals surface area (Å²) in [7, 11) is 0. The first kappa shape index (κ1) is 20.2. The van der Waals surface area contributed by atoms with E-state index in [1.54, 1.807) is 45.2 Å². The van der Waals surface area contributed by atoms with Crippen molar-refractivity contribution in [3.8, 4) is 0 Å². The minimum absolute atomic E-state index is 0.120. The molecule has 0 aliphatic carbocycles. The molecule has 1 atom stereocenters. The van der Waals surface area contributed by atoms with Gasteiger partial charge in [-0.3, -0.25) is 4.79 Å². The summed E-state index contributed by atoms with van der Waals surface area (Å²) in [4.78, 5) is 37.7. The van der Waals surface area contributed by atoms with Crippen molar-refractivity contribution in [3.05, 3.63) is 38.9 Å². The van der Waals surface area contributed by atoms with E-state index in [0.717, 1.165) is 11.3 Å². The van der Waals surface area contributed by atoms with Crippen molar-refractivity contribution in [2.75, 3.05) is 6.54 Å². The topological polar surface area (TPSA) is 105 Å². The van der Waals surface area contributed by atoms with Gasteiger partial charge in [0, 0.05) is 0 Å². The van der Waals surface area contributed by atoms with E-state index in [9.17, 15) is 19.5 Å². The van der Waals surface area contributed by atoms with Crippen LogP contribution in [0.15, 0.2) is 28.7 Å². The molecule has 0 bridgehead atoms. The summed E-state index contributed by atoms with van der Waals surface area (Å²) in [6.07, 6.45) is -1.19. The van der Waals surface area contributed by atoms with Crippen molar-refractivity contribution in [2.45, 2.75) is 33.3 Å². The minimum atomic E-state index is -1.19. The van der Waals surface area contributed by atoms with E-state index in [-0.39, 0.29) is 23.2 Å². The molecule has 0 spiro atoms. The molecule has 0 aromatic carbocycles. The van der Waals surface area contributed by atoms with Gasteiger partial charge in [-0.15, -0.1) is 11.3 Å². The molecule has 2 N–H and O–H groups in total. The molecule has 3 heterocycles. The lowest BCUT2D eigenvalue weighted by atomic mass is 10.2. The van der Waals surface area contributed by atoms with Crippen molar-refractivity contribution in [2.24, 2.45) is 5.10 Å². The van der Waals surface area contributed by atoms with E-state index < -0.39 is 22.3 Å². The van der Waals surface area contributed by atoms with Gasteiger partial charge in [0.25, 0.3) is 5.91 Å². The van der Waals surface area contributed by atoms with E-state index in [0.29, 0.717) is 15.4 Å². The lowest BCUT2D eigenvalue weighted by Crippen LogP contribution is -2.47. The second-order valence-electron chi connectivity index (χ2n) is 7.08. The van der Waals surface area contributed by atoms with Crippen LogP contribution in [0.25, 0.3) is 0 Å². The number of ether oxygens (including phenoxy) is 1. The Labute approximate surface area is 169 Å². The fraction of sp³-hybridized carbons (Fsp3) is 0.333. The van der Waals surface area contributed by atoms with E-state index in [2.05, 4.69) is 10.4 Å². The van der Waals surface area contributed by atoms with Gasteiger partial charge in [0.2, 0.25) is 10.8 Å². The fourth-order valence-electron chi connectivity index (χ4n) is 2.67. The fourth-order valence-corrected chi connectivity index (χ4v) is 4.47. The minimum Gasteiger partial charge on any atom is -0.456 e. The molecule has 28 heavy (non-hydrogen) atoms. The number of carbonyl (C=O) groups excluding carboxylic acids is 2. The Balaban J connectivity index is 2.01. The number of amidine groups is 1. The Morgan fingerprint density at radius 1 is 1.29 bits per heavy atom. The standard InChI is InChI=1S/C18H19N3O5S2/c1-5-21(17(24)25)15-10(9-12(28-15)16(23)26-18(2,3)4)13(20-21)19-14(22)11-7-6-8-27-11/h6-9H,5H2,1-4H3,(H-,19,20,22,24,25)/p+1. The number of nitrogens with one attached hydrogen (secondary N) is 1. The van der Waals surface area contributed by atoms with Crippen LogP contribution in [0.5, 0.6) is 0 Å². The summed E-state index contributed by atoms with van der Waals surface area (Å²) < 4.78 is 4.66. The summed E-state index contributed by atoms with van der Waals surface area (Å²) in [5, 5.41) is 18.9. The van der Waals surface area contributed by atoms with Gasteiger partial charge in [-0.2, -0.15) is 4.79 Å². The van der Waals surface area contributed by atoms with Crippen molar-refractivity contribution < 1.29 is 24.2 Å². The largest absolute Gasteiger partial charge is 0.547 e. The normalized spacial score (nSPS) is 18.4. The number of hydrogen-bond donors (Lipinski definition) is 2. The summed E-state index contributed by atoms with van der Waals surface area (Å²) in [6.45, 7) is 7.06. The van der Waals surface area contributed by atoms with Gasteiger partial charge in [-0.25, -0.2) is 4.79 Å². The molecule has 2 amide bonds. The average molecular weight is 423 g/mol. The number of carbonyl (C=O) groups is 3. The van der Waals surface area contributed by atoms with Gasteiger partial charge in [0.05, 0.1) is 10.4 Å². The third kappa shape index (κ3) is 3.58. The number of thiophene rings is 2. The molecular formula is C18H20N3O5S2+. The van der Waals surface area contributed by atoms with E-state index in [1.165, 1.54) is 17.4 Å². The van der Waals surface area contributed by atoms with Crippen LogP contribution in [0.3, 0.4) is 0 Å². The first-order chi connectivity index (χ1) is 13.1. The quantitative estimate of drug-likeness (QED) is 0.577. The van der Waals surface area contributed by atoms with Gasteiger partial charge in [-0.1, -0.05) is 22.0 Å². The second-order valence-corrected chi connectivity index (χ2v) is 9.06. The Kier molecular flexibility index (Phi) is 5.13. The molecule has 0 fully saturated rings. The van der Waals surface area contributed by atoms with Crippen LogP contribution in [0.1, 0.15) is 52.6 Å². The van der Waals surface area contributed by atoms with Gasteiger partial charge in [0.1, 0.15) is 17.0 Å². The van der Waals surface area contributed by atoms with Gasteiger partial charge in [-0.05, 0) is 50.3 Å². The van der Waals surface area contributed by atoms with Crippen LogP contribution in [0.4, 0.5) is 9.80 Å². The molecule has 148 valence electrons. The van der Waals surface area contributed by atoms with Crippen LogP contribution in [-0.4, -0.2) is 41.1 Å². The molecule has 0 saturated heterocycles. The highest BCUT2D eigenvalue weighted by molar-refractivity contribution is 7.18. The third-order valence-corrected chi connectivity index (χ3v) is 6.01. The summed E-state index contributed by atoms with van der Waals surface area (Å²) >= 11 is 2.28. The molecule has 1 unspecified atom stereocenters. The Morgan fingerprint density at radius 3 is 2.54 bits per heavy atom. The van der Waals surface area contributed by atoms with Crippen molar-refractivity contribution in [3.63, 3.8) is 0 Å². The molecule has 2 aromatic heterocycles. The monoisotopic (exact) mass is 422 g/mol. The number of amides is 2. The van der Waals surface area contributed by atoms with Crippen LogP contribution < -0.4 is 9.91 Å². The number of hydrogen-bond acceptors (Lipinski definition) is 7. The predicted molar refractivity (Wildman–Crippen MR) is 108 cm³/mol. The zero-order valence-electron chi connectivity index (χ0n) is 15.8. The molecule has 0 saturated carbocycles. The first-order valence-corrected chi connectivity index (χ1v) is 10.2. The van der Waals surface area contributed by atoms with E-state index in [4.69, 9.17) is 4.74 Å². The number of quaternary nitrogens is 1. The van der Waals surface area contributed by atoms with Crippen molar-refractivity contribution in [1.82, 2.24) is 9.91 Å². The predicted octanol–water partition coefficient (Wildman–Crippen LogP) is 3.88. The smallest absolute Gasteiger partial charge is 0.456 e. The zero-order valence-corrected chi connectivity index (χ0v) is 17.4. The molecule has 8 nitrogen and oxygen atoms in total. The molecule has 2 aromatic rings. The SMILES string of the molecule is CC[N+]1(C(=O)O)N=C(NC(=O)c2cccs2)c2cc(C(=O)OC(C)(C)C)sc21. The van der Waals surface area contributed by atoms with Gasteiger partial charge < -0.3 is 15.2 Å². The Bertz CT molecular complexity index is 972. The second kappa shape index (κ2) is 7.12. The first-order valence-electron chi connectivity index (χ1n) is 8.52. The third-order valence-electron chi connectivity index (χ3n) is 3.93. The molecule has 10 heteroatoms. The number of esters is 1. The highest BCUT2D eigenvalue weighted by Gasteiger charge is 2.50. The Hall–Kier alpha value is -2.56. The summed E-state index contributed by atoms with van der Waals surface area (Å²) in [6, 6.07) is 4.94. The van der Waals surface area contributed by atoms with Crippen molar-refractivity contribution >= 4 is 51.5 Å². The van der Waals surface area contributed by atoms with Crippen LogP contribution in [0.2, 0.25) is 0 Å². The molecule has 0 radical (unpaired) electrons. The molecule has 3 rings (SSSR count). The average Bonchev–Trinajstić information content (AvgIpc) is 3.30. The maximum Gasteiger partial charge on any atom is 0.547 e. The van der Waals surface area contributed by atoms with Gasteiger partial charge in [0.15, 0.2) is 0 Å². The molecule has 1 aliphatic rings. The maximum absolute atomic E-state index is 12.5. The maximum atomic E-state index is 12.5. The lowest BCUT2D eigenvalue weighted by Gasteiger charge is -2.20.